The van der Waals surface area contributed by atoms with Gasteiger partial charge >= 0.3 is 0 Å². The zero-order valence-electron chi connectivity index (χ0n) is 7.80. The van der Waals surface area contributed by atoms with Crippen molar-refractivity contribution in [1.82, 2.24) is 9.97 Å². The summed E-state index contributed by atoms with van der Waals surface area (Å²) < 4.78 is 0. The van der Waals surface area contributed by atoms with Crippen molar-refractivity contribution in [3.63, 3.8) is 0 Å². The smallest absolute Gasteiger partial charge is 0.137 e. The summed E-state index contributed by atoms with van der Waals surface area (Å²) in [6, 6.07) is 5.29. The summed E-state index contributed by atoms with van der Waals surface area (Å²) in [5.41, 5.74) is 1.58. The summed E-state index contributed by atoms with van der Waals surface area (Å²) in [6.07, 6.45) is 3.41. The predicted octanol–water partition coefficient (Wildman–Crippen LogP) is 3.78. The summed E-state index contributed by atoms with van der Waals surface area (Å²) in [5, 5.41) is 1.18. The number of nitrogens with zero attached hydrogens (tertiary/aromatic N) is 1. The number of aromatic nitrogens is 2. The normalized spacial score (nSPS) is 10.3. The van der Waals surface area contributed by atoms with Gasteiger partial charge in [0.05, 0.1) is 0 Å². The van der Waals surface area contributed by atoms with Gasteiger partial charge in [-0.05, 0) is 12.1 Å². The molecule has 0 radical (unpaired) electrons. The van der Waals surface area contributed by atoms with Crippen LogP contribution in [0.4, 0.5) is 0 Å². The van der Waals surface area contributed by atoms with Crippen molar-refractivity contribution >= 4 is 28.8 Å². The van der Waals surface area contributed by atoms with Crippen LogP contribution in [-0.2, 0) is 0 Å². The average Bonchev–Trinajstić information content (AvgIpc) is 2.69. The van der Waals surface area contributed by atoms with E-state index in [1.54, 1.807) is 24.5 Å². The Bertz CT molecular complexity index is 489. The average molecular weight is 239 g/mol. The molecule has 0 amide bonds. The van der Waals surface area contributed by atoms with Crippen molar-refractivity contribution < 1.29 is 0 Å². The molecule has 2 aromatic rings. The van der Waals surface area contributed by atoms with Crippen molar-refractivity contribution in [3.8, 4) is 0 Å². The first-order valence-electron chi connectivity index (χ1n) is 4.32. The van der Waals surface area contributed by atoms with Crippen LogP contribution in [-0.4, -0.2) is 9.97 Å². The lowest BCUT2D eigenvalue weighted by molar-refractivity contribution is 1.24. The maximum Gasteiger partial charge on any atom is 0.137 e. The third-order valence-electron chi connectivity index (χ3n) is 2.04. The van der Waals surface area contributed by atoms with E-state index in [1.165, 1.54) is 0 Å². The Morgan fingerprint density at radius 3 is 2.73 bits per heavy atom. The molecule has 0 aliphatic rings. The van der Waals surface area contributed by atoms with Gasteiger partial charge in [0.1, 0.15) is 5.82 Å². The zero-order chi connectivity index (χ0) is 10.8. The molecule has 0 fully saturated rings. The lowest BCUT2D eigenvalue weighted by atomic mass is 10.1. The maximum atomic E-state index is 6.05. The van der Waals surface area contributed by atoms with E-state index in [1.807, 2.05) is 6.07 Å². The molecule has 1 aromatic carbocycles. The topological polar surface area (TPSA) is 28.7 Å². The van der Waals surface area contributed by atoms with E-state index in [0.717, 1.165) is 11.1 Å². The standard InChI is InChI=1S/C11H8Cl2N2/c1-7(11-14-4-5-15-11)9-3-2-8(12)6-10(9)13/h2-6H,1H2,(H,14,15). The minimum absolute atomic E-state index is 0.573. The molecule has 1 aromatic heterocycles. The van der Waals surface area contributed by atoms with Crippen LogP contribution in [0.5, 0.6) is 0 Å². The molecule has 15 heavy (non-hydrogen) atoms. The number of H-pyrrole nitrogens is 1. The molecule has 0 aliphatic carbocycles. The molecule has 0 saturated heterocycles. The van der Waals surface area contributed by atoms with E-state index in [2.05, 4.69) is 16.5 Å². The molecular weight excluding hydrogens is 231 g/mol. The Morgan fingerprint density at radius 1 is 1.33 bits per heavy atom. The number of aromatic amines is 1. The predicted molar refractivity (Wildman–Crippen MR) is 63.2 cm³/mol. The minimum Gasteiger partial charge on any atom is -0.345 e. The first kappa shape index (κ1) is 10.3. The quantitative estimate of drug-likeness (QED) is 0.848. The zero-order valence-corrected chi connectivity index (χ0v) is 9.31. The third-order valence-corrected chi connectivity index (χ3v) is 2.59. The lowest BCUT2D eigenvalue weighted by Gasteiger charge is -2.05. The molecule has 0 saturated carbocycles. The molecule has 76 valence electrons. The number of nitrogens with one attached hydrogen (secondary N) is 1. The number of rotatable bonds is 2. The second-order valence-corrected chi connectivity index (χ2v) is 3.88. The first-order valence-corrected chi connectivity index (χ1v) is 5.08. The monoisotopic (exact) mass is 238 g/mol. The van der Waals surface area contributed by atoms with Crippen LogP contribution in [0.15, 0.2) is 37.2 Å². The van der Waals surface area contributed by atoms with Gasteiger partial charge in [-0.15, -0.1) is 0 Å². The van der Waals surface area contributed by atoms with Crippen LogP contribution in [0.2, 0.25) is 10.0 Å². The van der Waals surface area contributed by atoms with E-state index in [-0.39, 0.29) is 0 Å². The number of halogens is 2. The van der Waals surface area contributed by atoms with E-state index in [9.17, 15) is 0 Å². The van der Waals surface area contributed by atoms with Crippen LogP contribution in [0.1, 0.15) is 11.4 Å². The highest BCUT2D eigenvalue weighted by Gasteiger charge is 2.08. The molecule has 1 N–H and O–H groups in total. The van der Waals surface area contributed by atoms with E-state index >= 15 is 0 Å². The minimum atomic E-state index is 0.573. The molecule has 2 rings (SSSR count). The van der Waals surface area contributed by atoms with Crippen LogP contribution < -0.4 is 0 Å². The van der Waals surface area contributed by atoms with Crippen molar-refractivity contribution in [2.24, 2.45) is 0 Å². The van der Waals surface area contributed by atoms with Gasteiger partial charge < -0.3 is 4.98 Å². The lowest BCUT2D eigenvalue weighted by Crippen LogP contribution is -1.89. The molecular formula is C11H8Cl2N2. The molecule has 0 bridgehead atoms. The van der Waals surface area contributed by atoms with Gasteiger partial charge in [0.25, 0.3) is 0 Å². The Morgan fingerprint density at radius 2 is 2.13 bits per heavy atom. The Balaban J connectivity index is 2.42. The fourth-order valence-corrected chi connectivity index (χ4v) is 1.81. The van der Waals surface area contributed by atoms with Gasteiger partial charge in [-0.25, -0.2) is 4.98 Å². The van der Waals surface area contributed by atoms with Gasteiger partial charge in [-0.1, -0.05) is 35.8 Å². The highest BCUT2D eigenvalue weighted by molar-refractivity contribution is 6.35. The van der Waals surface area contributed by atoms with Gasteiger partial charge in [0.15, 0.2) is 0 Å². The summed E-state index contributed by atoms with van der Waals surface area (Å²) in [4.78, 5) is 7.08. The van der Waals surface area contributed by atoms with Gasteiger partial charge in [0.2, 0.25) is 0 Å². The largest absolute Gasteiger partial charge is 0.345 e. The molecule has 0 unspecified atom stereocenters. The van der Waals surface area contributed by atoms with Crippen molar-refractivity contribution in [2.45, 2.75) is 0 Å². The molecule has 0 atom stereocenters. The van der Waals surface area contributed by atoms with Crippen LogP contribution >= 0.6 is 23.2 Å². The summed E-state index contributed by atoms with van der Waals surface area (Å²) in [6.45, 7) is 3.94. The van der Waals surface area contributed by atoms with Crippen molar-refractivity contribution in [2.75, 3.05) is 0 Å². The Hall–Kier alpha value is -1.25. The SMILES string of the molecule is C=C(c1ncc[nH]1)c1ccc(Cl)cc1Cl. The van der Waals surface area contributed by atoms with Gasteiger partial charge in [-0.3, -0.25) is 0 Å². The highest BCUT2D eigenvalue weighted by Crippen LogP contribution is 2.28. The van der Waals surface area contributed by atoms with Gasteiger partial charge in [0, 0.05) is 33.6 Å². The van der Waals surface area contributed by atoms with E-state index in [0.29, 0.717) is 15.9 Å². The first-order chi connectivity index (χ1) is 7.18. The Kier molecular flexibility index (Phi) is 2.80. The van der Waals surface area contributed by atoms with Crippen molar-refractivity contribution in [1.29, 1.82) is 0 Å². The summed E-state index contributed by atoms with van der Waals surface area (Å²) >= 11 is 11.9. The molecule has 0 aliphatic heterocycles. The number of imidazole rings is 1. The number of benzene rings is 1. The summed E-state index contributed by atoms with van der Waals surface area (Å²) in [5.74, 6) is 0.708. The van der Waals surface area contributed by atoms with E-state index in [4.69, 9.17) is 23.2 Å². The fourth-order valence-electron chi connectivity index (χ4n) is 1.29. The molecule has 2 nitrogen and oxygen atoms in total. The second-order valence-electron chi connectivity index (χ2n) is 3.04. The van der Waals surface area contributed by atoms with E-state index < -0.39 is 0 Å². The second kappa shape index (κ2) is 4.09. The third kappa shape index (κ3) is 2.06. The van der Waals surface area contributed by atoms with Gasteiger partial charge in [-0.2, -0.15) is 0 Å². The number of hydrogen-bond donors (Lipinski definition) is 1. The number of hydrogen-bond acceptors (Lipinski definition) is 1. The molecule has 1 heterocycles. The van der Waals surface area contributed by atoms with Crippen molar-refractivity contribution in [3.05, 3.63) is 58.6 Å². The maximum absolute atomic E-state index is 6.05. The van der Waals surface area contributed by atoms with Crippen LogP contribution in [0, 0.1) is 0 Å². The Labute approximate surface area is 97.6 Å². The molecule has 0 spiro atoms. The highest BCUT2D eigenvalue weighted by atomic mass is 35.5. The van der Waals surface area contributed by atoms with Crippen LogP contribution in [0.3, 0.4) is 0 Å². The summed E-state index contributed by atoms with van der Waals surface area (Å²) in [7, 11) is 0. The van der Waals surface area contributed by atoms with Crippen LogP contribution in [0.25, 0.3) is 5.57 Å². The molecule has 4 heteroatoms. The fraction of sp³-hybridized carbons (Fsp3) is 0.